The Hall–Kier alpha value is -1.56. The molecule has 112 valence electrons. The highest BCUT2D eigenvalue weighted by atomic mass is 14.4. The van der Waals surface area contributed by atoms with Crippen LogP contribution in [0.1, 0.15) is 73.0 Å². The predicted molar refractivity (Wildman–Crippen MR) is 91.9 cm³/mol. The minimum absolute atomic E-state index is 0.656. The molecule has 4 rings (SSSR count). The first kappa shape index (κ1) is 14.1. The molecule has 0 amide bonds. The third kappa shape index (κ3) is 2.60. The van der Waals surface area contributed by atoms with Gasteiger partial charge in [0.05, 0.1) is 0 Å². The van der Waals surface area contributed by atoms with Gasteiger partial charge in [-0.1, -0.05) is 61.4 Å². The predicted octanol–water partition coefficient (Wildman–Crippen LogP) is 6.01. The van der Waals surface area contributed by atoms with Crippen LogP contribution in [-0.4, -0.2) is 0 Å². The van der Waals surface area contributed by atoms with Crippen molar-refractivity contribution in [2.45, 2.75) is 56.3 Å². The molecule has 0 spiro atoms. The summed E-state index contributed by atoms with van der Waals surface area (Å²) in [5, 5.41) is 0. The Morgan fingerprint density at radius 1 is 0.773 bits per heavy atom. The average Bonchev–Trinajstić information content (AvgIpc) is 3.27. The van der Waals surface area contributed by atoms with Gasteiger partial charge in [0.15, 0.2) is 0 Å². The summed E-state index contributed by atoms with van der Waals surface area (Å²) in [6.07, 6.45) is 10.5. The molecule has 0 nitrogen and oxygen atoms in total. The first-order valence-corrected chi connectivity index (χ1v) is 8.82. The van der Waals surface area contributed by atoms with E-state index in [1.54, 1.807) is 11.1 Å². The van der Waals surface area contributed by atoms with Crippen LogP contribution in [-0.2, 0) is 0 Å². The molecule has 0 heteroatoms. The lowest BCUT2D eigenvalue weighted by Gasteiger charge is -2.25. The Morgan fingerprint density at radius 2 is 1.59 bits per heavy atom. The molecule has 2 saturated carbocycles. The minimum atomic E-state index is 0.656. The number of hydrogen-bond acceptors (Lipinski definition) is 0. The summed E-state index contributed by atoms with van der Waals surface area (Å²) in [7, 11) is 0. The van der Waals surface area contributed by atoms with E-state index in [2.05, 4.69) is 61.0 Å². The number of hydrogen-bond donors (Lipinski definition) is 0. The van der Waals surface area contributed by atoms with Crippen molar-refractivity contribution in [2.24, 2.45) is 0 Å². The summed E-state index contributed by atoms with van der Waals surface area (Å²) in [4.78, 5) is 0. The maximum absolute atomic E-state index is 3.49. The molecular formula is C22H24. The summed E-state index contributed by atoms with van der Waals surface area (Å²) >= 11 is 0. The van der Waals surface area contributed by atoms with Crippen molar-refractivity contribution in [1.29, 1.82) is 0 Å². The molecule has 2 fully saturated rings. The van der Waals surface area contributed by atoms with Gasteiger partial charge in [-0.05, 0) is 72.6 Å². The first-order chi connectivity index (χ1) is 10.9. The molecular weight excluding hydrogens is 264 g/mol. The standard InChI is InChI=1S/C22H24/c1-2-9-17(10-3-1)20-15-8-16-22(20)21-14-7-6-13-19(21)18-11-4-5-12-18/h1-3,6-7,9,11,13-14,18,20,22H,4-5,8,12,15-16H2. The molecule has 0 heterocycles. The second-order valence-corrected chi connectivity index (χ2v) is 6.86. The zero-order valence-electron chi connectivity index (χ0n) is 13.2. The quantitative estimate of drug-likeness (QED) is 0.648. The lowest BCUT2D eigenvalue weighted by atomic mass is 9.79. The third-order valence-electron chi connectivity index (χ3n) is 5.61. The van der Waals surface area contributed by atoms with Crippen molar-refractivity contribution in [3.05, 3.63) is 77.7 Å². The fourth-order valence-corrected chi connectivity index (χ4v) is 4.59. The smallest absolute Gasteiger partial charge is 0.00868 e. The second-order valence-electron chi connectivity index (χ2n) is 6.86. The zero-order valence-corrected chi connectivity index (χ0v) is 13.2. The Morgan fingerprint density at radius 3 is 2.36 bits per heavy atom. The van der Waals surface area contributed by atoms with Crippen molar-refractivity contribution in [3.8, 4) is 0 Å². The van der Waals surface area contributed by atoms with Crippen molar-refractivity contribution in [1.82, 2.24) is 0 Å². The molecule has 0 bridgehead atoms. The SMILES string of the molecule is [c]1ccccc1C1CCCC1c1ccccc1C1[CH]CCC1. The Kier molecular flexibility index (Phi) is 4.01. The summed E-state index contributed by atoms with van der Waals surface area (Å²) < 4.78 is 0. The molecule has 0 aliphatic heterocycles. The highest BCUT2D eigenvalue weighted by Crippen LogP contribution is 2.48. The lowest BCUT2D eigenvalue weighted by Crippen LogP contribution is -2.09. The van der Waals surface area contributed by atoms with E-state index in [-0.39, 0.29) is 0 Å². The van der Waals surface area contributed by atoms with Crippen LogP contribution in [0, 0.1) is 12.5 Å². The average molecular weight is 288 g/mol. The summed E-state index contributed by atoms with van der Waals surface area (Å²) in [6.45, 7) is 0. The van der Waals surface area contributed by atoms with Crippen molar-refractivity contribution >= 4 is 0 Å². The van der Waals surface area contributed by atoms with Crippen molar-refractivity contribution < 1.29 is 0 Å². The van der Waals surface area contributed by atoms with Gasteiger partial charge in [-0.2, -0.15) is 0 Å². The van der Waals surface area contributed by atoms with E-state index in [1.165, 1.54) is 44.1 Å². The fourth-order valence-electron chi connectivity index (χ4n) is 4.59. The molecule has 0 N–H and O–H groups in total. The summed E-state index contributed by atoms with van der Waals surface area (Å²) in [5.41, 5.74) is 4.63. The van der Waals surface area contributed by atoms with E-state index in [1.807, 2.05) is 0 Å². The maximum Gasteiger partial charge on any atom is -0.00868 e. The van der Waals surface area contributed by atoms with E-state index in [0.717, 1.165) is 0 Å². The minimum Gasteiger partial charge on any atom is -0.0620 e. The van der Waals surface area contributed by atoms with Gasteiger partial charge in [-0.15, -0.1) is 0 Å². The molecule has 2 aromatic carbocycles. The number of rotatable bonds is 3. The molecule has 0 aromatic heterocycles. The third-order valence-corrected chi connectivity index (χ3v) is 5.61. The van der Waals surface area contributed by atoms with Gasteiger partial charge in [0, 0.05) is 0 Å². The van der Waals surface area contributed by atoms with Gasteiger partial charge in [-0.25, -0.2) is 0 Å². The molecule has 3 atom stereocenters. The van der Waals surface area contributed by atoms with Gasteiger partial charge >= 0.3 is 0 Å². The van der Waals surface area contributed by atoms with E-state index in [4.69, 9.17) is 0 Å². The largest absolute Gasteiger partial charge is 0.0620 e. The highest BCUT2D eigenvalue weighted by molar-refractivity contribution is 5.39. The van der Waals surface area contributed by atoms with E-state index in [9.17, 15) is 0 Å². The molecule has 0 saturated heterocycles. The fraction of sp³-hybridized carbons (Fsp3) is 0.409. The van der Waals surface area contributed by atoms with Gasteiger partial charge < -0.3 is 0 Å². The Balaban J connectivity index is 1.69. The van der Waals surface area contributed by atoms with Crippen LogP contribution in [0.5, 0.6) is 0 Å². The van der Waals surface area contributed by atoms with Crippen LogP contribution in [0.4, 0.5) is 0 Å². The first-order valence-electron chi connectivity index (χ1n) is 8.82. The maximum atomic E-state index is 3.49. The van der Waals surface area contributed by atoms with Crippen LogP contribution >= 0.6 is 0 Å². The highest BCUT2D eigenvalue weighted by Gasteiger charge is 2.32. The van der Waals surface area contributed by atoms with Gasteiger partial charge in [0.2, 0.25) is 0 Å². The number of benzene rings is 2. The van der Waals surface area contributed by atoms with Gasteiger partial charge in [-0.3, -0.25) is 0 Å². The summed E-state index contributed by atoms with van der Waals surface area (Å²) in [5.74, 6) is 2.03. The van der Waals surface area contributed by atoms with Gasteiger partial charge in [0.1, 0.15) is 0 Å². The van der Waals surface area contributed by atoms with Crippen LogP contribution in [0.25, 0.3) is 0 Å². The van der Waals surface area contributed by atoms with Crippen molar-refractivity contribution in [2.75, 3.05) is 0 Å². The second kappa shape index (κ2) is 6.28. The molecule has 2 aliphatic carbocycles. The lowest BCUT2D eigenvalue weighted by molar-refractivity contribution is 0.611. The van der Waals surface area contributed by atoms with Gasteiger partial charge in [0.25, 0.3) is 0 Å². The van der Waals surface area contributed by atoms with Crippen LogP contribution in [0.3, 0.4) is 0 Å². The van der Waals surface area contributed by atoms with Crippen LogP contribution < -0.4 is 0 Å². The Labute approximate surface area is 134 Å². The van der Waals surface area contributed by atoms with E-state index >= 15 is 0 Å². The molecule has 22 heavy (non-hydrogen) atoms. The zero-order chi connectivity index (χ0) is 14.8. The molecule has 2 aliphatic rings. The molecule has 2 radical (unpaired) electrons. The molecule has 2 aromatic rings. The van der Waals surface area contributed by atoms with Crippen LogP contribution in [0.2, 0.25) is 0 Å². The Bertz CT molecular complexity index is 607. The van der Waals surface area contributed by atoms with E-state index < -0.39 is 0 Å². The molecule has 3 unspecified atom stereocenters. The van der Waals surface area contributed by atoms with Crippen LogP contribution in [0.15, 0.2) is 48.5 Å². The summed E-state index contributed by atoms with van der Waals surface area (Å²) in [6, 6.07) is 21.3. The normalized spacial score (nSPS) is 25.6. The van der Waals surface area contributed by atoms with Crippen molar-refractivity contribution in [3.63, 3.8) is 0 Å². The van der Waals surface area contributed by atoms with E-state index in [0.29, 0.717) is 17.8 Å². The monoisotopic (exact) mass is 288 g/mol. The topological polar surface area (TPSA) is 0 Å².